The van der Waals surface area contributed by atoms with E-state index in [-0.39, 0.29) is 70.4 Å². The molecule has 20 rings (SSSR count). The van der Waals surface area contributed by atoms with Crippen LogP contribution in [0.5, 0.6) is 5.75 Å². The van der Waals surface area contributed by atoms with Crippen molar-refractivity contribution in [3.63, 3.8) is 0 Å². The number of fused-ring (bicyclic) bond motifs is 5. The van der Waals surface area contributed by atoms with Gasteiger partial charge in [0.25, 0.3) is 0 Å². The van der Waals surface area contributed by atoms with Crippen molar-refractivity contribution in [2.24, 2.45) is 0 Å². The van der Waals surface area contributed by atoms with Crippen molar-refractivity contribution in [3.8, 4) is 61.4 Å². The number of carbonyl (C=O) groups excluding carboxylic acids is 10. The van der Waals surface area contributed by atoms with Gasteiger partial charge in [0.1, 0.15) is 17.3 Å². The van der Waals surface area contributed by atoms with E-state index in [0.717, 1.165) is 225 Å². The number of rotatable bonds is 32. The van der Waals surface area contributed by atoms with Gasteiger partial charge in [-0.05, 0) is 287 Å². The molecule has 0 aliphatic carbocycles. The second-order valence-corrected chi connectivity index (χ2v) is 38.5. The van der Waals surface area contributed by atoms with Crippen LogP contribution in [0.4, 0.5) is 32.8 Å². The third kappa shape index (κ3) is 26.8. The second-order valence-electron chi connectivity index (χ2n) is 38.0. The summed E-state index contributed by atoms with van der Waals surface area (Å²) in [7, 11) is 0. The van der Waals surface area contributed by atoms with Crippen molar-refractivity contribution in [2.45, 2.75) is 189 Å². The van der Waals surface area contributed by atoms with Crippen LogP contribution in [0.25, 0.3) is 55.6 Å². The highest BCUT2D eigenvalue weighted by Gasteiger charge is 2.31. The van der Waals surface area contributed by atoms with Gasteiger partial charge in [0.2, 0.25) is 29.5 Å². The van der Waals surface area contributed by atoms with Crippen molar-refractivity contribution in [1.29, 1.82) is 0 Å². The van der Waals surface area contributed by atoms with E-state index in [1.807, 2.05) is 290 Å². The fourth-order valence-corrected chi connectivity index (χ4v) is 20.1. The van der Waals surface area contributed by atoms with E-state index in [0.29, 0.717) is 107 Å². The Kier molecular flexibility index (Phi) is 36.2. The lowest BCUT2D eigenvalue weighted by Gasteiger charge is -2.16. The first kappa shape index (κ1) is 106. The zero-order valence-electron chi connectivity index (χ0n) is 85.3. The summed E-state index contributed by atoms with van der Waals surface area (Å²) in [5.74, 6) is 2.93. The molecule has 1 aromatic heterocycles. The van der Waals surface area contributed by atoms with E-state index in [9.17, 15) is 52.3 Å². The number of nitrogens with zero attached hydrogens (tertiary/aromatic N) is 5. The standard InChI is InChI=1S/C28H29NO3.C26H24ClNO2.C26H24FNO2.C24H27NO3.C24H23NO3/c1-3-28(31)29-18-17-24-19-23(12-15-26(24)29)21-8-10-22(11-9-21)27(30)16-7-20-5-13-25(14-6-20)32-4-2;2*1-2-26(30)28-16-15-22-17-21(10-13-24(22)28)19-6-8-20(9-7-19)25(29)14-5-18-3-11-23(27)12-4-18;2*1-2-24(27)25-14-13-20-16-19(9-11-22(20)25)17-5-7-18(8-6-17)23(26)12-10-21-4-3-15-28-21/h5-6,8-15,19H,3-4,7,16-18H2,1-2H3;2*3-4,6-13,17H,2,5,14-16H2,1H3;5-9,11,16,21H,2-4,10,12-15H2,1H3;3-9,11,15-16H,2,10,12-14H2,1H3. The topological polar surface area (TPSA) is 218 Å². The SMILES string of the molecule is CCC(=O)N1CCc2cc(-c3ccc(C(=O)CCC4CCCO4)cc3)ccc21.CCC(=O)N1CCc2cc(-c3ccc(C(=O)CCc4ccc(Cl)cc4)cc3)ccc21.CCC(=O)N1CCc2cc(-c3ccc(C(=O)CCc4ccc(F)cc4)cc3)ccc21.CCC(=O)N1CCc2cc(-c3ccc(C(=O)CCc4ccco4)cc3)ccc21.CCOc1ccc(CCC(=O)c2ccc(-c3ccc4c(c3)CCN4C(=O)CC)cc2)cc1. The minimum atomic E-state index is -0.267. The summed E-state index contributed by atoms with van der Waals surface area (Å²) in [6.45, 7) is 16.7. The van der Waals surface area contributed by atoms with Gasteiger partial charge in [0, 0.05) is 171 Å². The van der Waals surface area contributed by atoms with Gasteiger partial charge in [-0.1, -0.05) is 234 Å². The van der Waals surface area contributed by atoms with Gasteiger partial charge in [-0.25, -0.2) is 4.39 Å². The Morgan fingerprint density at radius 3 is 0.851 bits per heavy atom. The maximum Gasteiger partial charge on any atom is 0.226 e. The number of aryl methyl sites for hydroxylation is 4. The van der Waals surface area contributed by atoms with E-state index in [1.54, 1.807) is 18.4 Å². The average molecular weight is 2000 g/mol. The normalized spacial score (nSPS) is 13.7. The van der Waals surface area contributed by atoms with Crippen LogP contribution < -0.4 is 29.2 Å². The fourth-order valence-electron chi connectivity index (χ4n) is 20.0. The van der Waals surface area contributed by atoms with Gasteiger partial charge < -0.3 is 38.4 Å². The number of hydrogen-bond donors (Lipinski definition) is 0. The largest absolute Gasteiger partial charge is 0.494 e. The number of hydrogen-bond acceptors (Lipinski definition) is 13. The lowest BCUT2D eigenvalue weighted by Crippen LogP contribution is -2.27. The molecule has 1 unspecified atom stereocenters. The molecule has 13 aromatic carbocycles. The Morgan fingerprint density at radius 1 is 0.318 bits per heavy atom. The first-order valence-electron chi connectivity index (χ1n) is 52.2. The molecule has 148 heavy (non-hydrogen) atoms. The van der Waals surface area contributed by atoms with Crippen LogP contribution in [0.15, 0.2) is 308 Å². The van der Waals surface area contributed by atoms with Crippen LogP contribution in [0, 0.1) is 5.82 Å². The molecule has 0 saturated carbocycles. The Balaban J connectivity index is 0.000000132. The summed E-state index contributed by atoms with van der Waals surface area (Å²) >= 11 is 5.91. The Labute approximate surface area is 872 Å². The number of ketones is 5. The molecule has 5 amide bonds. The maximum absolute atomic E-state index is 13.0. The Hall–Kier alpha value is -15.2. The summed E-state index contributed by atoms with van der Waals surface area (Å²) in [5, 5.41) is 0.705. The lowest BCUT2D eigenvalue weighted by molar-refractivity contribution is -0.119. The van der Waals surface area contributed by atoms with Crippen LogP contribution in [0.2, 0.25) is 5.02 Å². The molecular formula is C128H127ClFN5O13. The summed E-state index contributed by atoms with van der Waals surface area (Å²) in [5.41, 5.74) is 28.9. The summed E-state index contributed by atoms with van der Waals surface area (Å²) in [4.78, 5) is 132. The highest BCUT2D eigenvalue weighted by atomic mass is 35.5. The summed E-state index contributed by atoms with van der Waals surface area (Å²) in [6, 6.07) is 95.8. The van der Waals surface area contributed by atoms with Crippen LogP contribution in [-0.2, 0) is 86.5 Å². The molecule has 6 aliphatic heterocycles. The van der Waals surface area contributed by atoms with Gasteiger partial charge in [0.15, 0.2) is 28.9 Å². The van der Waals surface area contributed by atoms with Crippen molar-refractivity contribution in [1.82, 2.24) is 0 Å². The van der Waals surface area contributed by atoms with Gasteiger partial charge in [-0.2, -0.15) is 0 Å². The first-order valence-corrected chi connectivity index (χ1v) is 52.6. The molecule has 6 aliphatic rings. The second kappa shape index (κ2) is 50.8. The number of benzene rings is 13. The highest BCUT2D eigenvalue weighted by Crippen LogP contribution is 2.40. The van der Waals surface area contributed by atoms with E-state index < -0.39 is 0 Å². The molecule has 0 radical (unpaired) electrons. The molecule has 1 atom stereocenters. The molecule has 0 bridgehead atoms. The number of furan rings is 1. The molecular weight excluding hydrogens is 1870 g/mol. The van der Waals surface area contributed by atoms with Crippen molar-refractivity contribution >= 4 is 98.5 Å². The predicted octanol–water partition coefficient (Wildman–Crippen LogP) is 27.5. The molecule has 7 heterocycles. The van der Waals surface area contributed by atoms with E-state index >= 15 is 0 Å². The first-order chi connectivity index (χ1) is 72.0. The minimum Gasteiger partial charge on any atom is -0.494 e. The van der Waals surface area contributed by atoms with E-state index in [1.165, 1.54) is 39.9 Å². The number of ether oxygens (including phenoxy) is 2. The van der Waals surface area contributed by atoms with Crippen molar-refractivity contribution in [2.75, 3.05) is 70.4 Å². The molecule has 1 saturated heterocycles. The lowest BCUT2D eigenvalue weighted by atomic mass is 9.98. The third-order valence-corrected chi connectivity index (χ3v) is 28.7. The number of amides is 5. The monoisotopic (exact) mass is 2000 g/mol. The number of anilines is 5. The molecule has 0 spiro atoms. The minimum absolute atomic E-state index is 0.0774. The molecule has 14 aromatic rings. The van der Waals surface area contributed by atoms with E-state index in [4.69, 9.17) is 25.5 Å². The summed E-state index contributed by atoms with van der Waals surface area (Å²) < 4.78 is 29.3. The van der Waals surface area contributed by atoms with E-state index in [2.05, 4.69) is 48.5 Å². The smallest absolute Gasteiger partial charge is 0.226 e. The van der Waals surface area contributed by atoms with Crippen molar-refractivity contribution in [3.05, 3.63) is 392 Å². The molecule has 1 fully saturated rings. The fraction of sp³-hybridized carbons (Fsp3) is 0.281. The molecule has 20 heteroatoms. The molecule has 0 N–H and O–H groups in total. The maximum atomic E-state index is 13.0. The van der Waals surface area contributed by atoms with Gasteiger partial charge in [-0.3, -0.25) is 47.9 Å². The Bertz CT molecular complexity index is 6890. The Morgan fingerprint density at radius 2 is 0.588 bits per heavy atom. The van der Waals surface area contributed by atoms with Crippen LogP contribution >= 0.6 is 11.6 Å². The van der Waals surface area contributed by atoms with Crippen molar-refractivity contribution < 1.29 is 66.2 Å². The highest BCUT2D eigenvalue weighted by molar-refractivity contribution is 6.30. The van der Waals surface area contributed by atoms with Gasteiger partial charge >= 0.3 is 0 Å². The summed E-state index contributed by atoms with van der Waals surface area (Å²) in [6.07, 6.45) is 16.9. The van der Waals surface area contributed by atoms with Crippen LogP contribution in [0.3, 0.4) is 0 Å². The number of carbonyl (C=O) groups is 10. The third-order valence-electron chi connectivity index (χ3n) is 28.5. The van der Waals surface area contributed by atoms with Gasteiger partial charge in [0.05, 0.1) is 19.0 Å². The van der Waals surface area contributed by atoms with Crippen LogP contribution in [0.1, 0.15) is 227 Å². The molecule has 756 valence electrons. The zero-order valence-corrected chi connectivity index (χ0v) is 86.0. The predicted molar refractivity (Wildman–Crippen MR) is 588 cm³/mol. The molecule has 18 nitrogen and oxygen atoms in total. The average Bonchev–Trinajstić information content (AvgIpc) is 1.66. The number of Topliss-reactive ketones (excluding diaryl/α,β-unsaturated/α-hetero) is 5. The zero-order chi connectivity index (χ0) is 104. The number of halogens is 2. The van der Waals surface area contributed by atoms with Gasteiger partial charge in [-0.15, -0.1) is 0 Å². The quantitative estimate of drug-likeness (QED) is 0.0359. The van der Waals surface area contributed by atoms with Crippen LogP contribution in [-0.4, -0.2) is 110 Å².